The third-order valence-electron chi connectivity index (χ3n) is 7.67. The van der Waals surface area contributed by atoms with Crippen molar-refractivity contribution < 1.29 is 27.8 Å². The van der Waals surface area contributed by atoms with Crippen LogP contribution in [0.3, 0.4) is 0 Å². The van der Waals surface area contributed by atoms with Crippen LogP contribution in [-0.2, 0) is 14.8 Å². The first kappa shape index (κ1) is 29.8. The Balaban J connectivity index is 1.66. The third kappa shape index (κ3) is 6.52. The number of hydrogen-bond acceptors (Lipinski definition) is 8. The second-order valence-electron chi connectivity index (χ2n) is 12.1. The number of likely N-dealkylation sites (tertiary alicyclic amines) is 1. The van der Waals surface area contributed by atoms with Crippen molar-refractivity contribution in [1.29, 1.82) is 0 Å². The monoisotopic (exact) mass is 594 g/mol. The Bertz CT molecular complexity index is 1570. The van der Waals surface area contributed by atoms with Crippen molar-refractivity contribution in [1.82, 2.24) is 14.9 Å². The highest BCUT2D eigenvalue weighted by atomic mass is 32.2. The maximum absolute atomic E-state index is 13.6. The third-order valence-corrected chi connectivity index (χ3v) is 8.99. The Kier molecular flexibility index (Phi) is 8.17. The van der Waals surface area contributed by atoms with Gasteiger partial charge in [-0.25, -0.2) is 22.9 Å². The molecule has 0 saturated carbocycles. The second-order valence-corrected chi connectivity index (χ2v) is 13.8. The minimum atomic E-state index is -4.04. The molecule has 3 atom stereocenters. The van der Waals surface area contributed by atoms with Gasteiger partial charge in [-0.05, 0) is 88.1 Å². The van der Waals surface area contributed by atoms with Crippen LogP contribution < -0.4 is 9.46 Å². The number of aromatic nitrogens is 2. The van der Waals surface area contributed by atoms with E-state index in [1.807, 2.05) is 58.9 Å². The second kappa shape index (κ2) is 11.5. The summed E-state index contributed by atoms with van der Waals surface area (Å²) in [7, 11) is -4.04. The molecule has 10 nitrogen and oxygen atoms in total. The molecule has 0 radical (unpaired) electrons. The molecule has 2 aliphatic rings. The van der Waals surface area contributed by atoms with Crippen LogP contribution in [-0.4, -0.2) is 65.9 Å². The zero-order valence-electron chi connectivity index (χ0n) is 24.6. The largest absolute Gasteiger partial charge is 0.472 e. The van der Waals surface area contributed by atoms with E-state index in [2.05, 4.69) is 14.7 Å². The van der Waals surface area contributed by atoms with Crippen molar-refractivity contribution in [2.45, 2.75) is 70.0 Å². The van der Waals surface area contributed by atoms with Crippen molar-refractivity contribution in [3.05, 3.63) is 65.2 Å². The summed E-state index contributed by atoms with van der Waals surface area (Å²) >= 11 is 0. The molecule has 224 valence electrons. The average Bonchev–Trinajstić information content (AvgIpc) is 3.07. The van der Waals surface area contributed by atoms with E-state index in [4.69, 9.17) is 9.47 Å². The molecule has 3 aromatic rings. The fourth-order valence-corrected chi connectivity index (χ4v) is 6.85. The number of amides is 1. The summed E-state index contributed by atoms with van der Waals surface area (Å²) in [5.41, 5.74) is 3.42. The molecular weight excluding hydrogens is 556 g/mol. The van der Waals surface area contributed by atoms with Gasteiger partial charge in [-0.3, -0.25) is 0 Å². The predicted octanol–water partition coefficient (Wildman–Crippen LogP) is 5.05. The maximum Gasteiger partial charge on any atom is 0.410 e. The predicted molar refractivity (Wildman–Crippen MR) is 159 cm³/mol. The molecule has 42 heavy (non-hydrogen) atoms. The van der Waals surface area contributed by atoms with Crippen molar-refractivity contribution in [2.75, 3.05) is 24.4 Å². The van der Waals surface area contributed by atoms with Gasteiger partial charge in [-0.1, -0.05) is 30.3 Å². The molecule has 2 N–H and O–H groups in total. The highest BCUT2D eigenvalue weighted by Gasteiger charge is 2.38. The van der Waals surface area contributed by atoms with Gasteiger partial charge in [0.2, 0.25) is 11.8 Å². The molecule has 0 aliphatic carbocycles. The van der Waals surface area contributed by atoms with E-state index < -0.39 is 27.8 Å². The van der Waals surface area contributed by atoms with Crippen molar-refractivity contribution >= 4 is 22.1 Å². The number of aryl methyl sites for hydroxylation is 2. The smallest absolute Gasteiger partial charge is 0.410 e. The number of benzene rings is 2. The zero-order valence-corrected chi connectivity index (χ0v) is 25.4. The van der Waals surface area contributed by atoms with Crippen LogP contribution in [0.4, 0.5) is 10.7 Å². The molecule has 3 heterocycles. The lowest BCUT2D eigenvalue weighted by Gasteiger charge is -2.30. The lowest BCUT2D eigenvalue weighted by atomic mass is 9.81. The number of carbonyl (C=O) groups excluding carboxylic acids is 1. The molecule has 1 amide bonds. The number of nitrogens with one attached hydrogen (secondary N) is 1. The van der Waals surface area contributed by atoms with Crippen molar-refractivity contribution in [3.63, 3.8) is 0 Å². The van der Waals surface area contributed by atoms with E-state index in [9.17, 15) is 18.3 Å². The highest BCUT2D eigenvalue weighted by Crippen LogP contribution is 2.38. The Morgan fingerprint density at radius 1 is 1.10 bits per heavy atom. The SMILES string of the molecule is Cc1cccc(C)c1-c1cc2nc(n1)NS(=O)(=O)c1cccc(c1)C1C[C@@H](CN(C(=O)OC(C)(C)C)C[C@@H]1CCO)O2. The van der Waals surface area contributed by atoms with Crippen LogP contribution in [0.5, 0.6) is 5.88 Å². The fraction of sp³-hybridized carbons (Fsp3) is 0.452. The van der Waals surface area contributed by atoms with Gasteiger partial charge >= 0.3 is 6.09 Å². The number of anilines is 1. The number of sulfonamides is 1. The number of fused-ring (bicyclic) bond motifs is 7. The van der Waals surface area contributed by atoms with E-state index in [1.54, 1.807) is 23.1 Å². The van der Waals surface area contributed by atoms with E-state index in [0.717, 1.165) is 22.3 Å². The van der Waals surface area contributed by atoms with Crippen LogP contribution in [0.1, 0.15) is 56.2 Å². The minimum Gasteiger partial charge on any atom is -0.472 e. The van der Waals surface area contributed by atoms with E-state index in [0.29, 0.717) is 25.1 Å². The summed E-state index contributed by atoms with van der Waals surface area (Å²) in [5, 5.41) is 9.97. The maximum atomic E-state index is 13.6. The van der Waals surface area contributed by atoms with Gasteiger partial charge in [0, 0.05) is 24.8 Å². The van der Waals surface area contributed by atoms with Crippen molar-refractivity contribution in [2.24, 2.45) is 5.92 Å². The summed E-state index contributed by atoms with van der Waals surface area (Å²) in [6, 6.07) is 14.4. The lowest BCUT2D eigenvalue weighted by molar-refractivity contribution is 0.0166. The van der Waals surface area contributed by atoms with Crippen molar-refractivity contribution in [3.8, 4) is 17.1 Å². The Morgan fingerprint density at radius 3 is 2.50 bits per heavy atom. The first-order valence-electron chi connectivity index (χ1n) is 14.2. The topological polar surface area (TPSA) is 131 Å². The van der Waals surface area contributed by atoms with Crippen LogP contribution in [0.15, 0.2) is 53.4 Å². The molecule has 1 fully saturated rings. The molecule has 2 aromatic carbocycles. The Hall–Kier alpha value is -3.70. The van der Waals surface area contributed by atoms with Gasteiger partial charge in [0.05, 0.1) is 17.1 Å². The van der Waals surface area contributed by atoms with E-state index in [-0.39, 0.29) is 41.7 Å². The molecule has 0 spiro atoms. The summed E-state index contributed by atoms with van der Waals surface area (Å²) in [6.07, 6.45) is -0.0831. The average molecular weight is 595 g/mol. The lowest BCUT2D eigenvalue weighted by Crippen LogP contribution is -2.42. The van der Waals surface area contributed by atoms with E-state index in [1.165, 1.54) is 6.07 Å². The van der Waals surface area contributed by atoms with Gasteiger partial charge < -0.3 is 19.5 Å². The quantitative estimate of drug-likeness (QED) is 0.431. The van der Waals surface area contributed by atoms with Gasteiger partial charge in [-0.15, -0.1) is 0 Å². The first-order chi connectivity index (χ1) is 19.8. The normalized spacial score (nSPS) is 21.6. The summed E-state index contributed by atoms with van der Waals surface area (Å²) < 4.78 is 41.9. The van der Waals surface area contributed by atoms with E-state index >= 15 is 0 Å². The number of aliphatic hydroxyl groups is 1. The molecule has 5 rings (SSSR count). The van der Waals surface area contributed by atoms with Gasteiger partial charge in [-0.2, -0.15) is 4.98 Å². The summed E-state index contributed by atoms with van der Waals surface area (Å²) in [4.78, 5) is 24.1. The Morgan fingerprint density at radius 2 is 1.81 bits per heavy atom. The highest BCUT2D eigenvalue weighted by molar-refractivity contribution is 7.92. The number of aliphatic hydroxyl groups excluding tert-OH is 1. The molecule has 1 saturated heterocycles. The first-order valence-corrected chi connectivity index (χ1v) is 15.6. The number of rotatable bonds is 3. The van der Waals surface area contributed by atoms with Crippen LogP contribution >= 0.6 is 0 Å². The summed E-state index contributed by atoms with van der Waals surface area (Å²) in [5.74, 6) is -0.291. The van der Waals surface area contributed by atoms with Gasteiger partial charge in [0.1, 0.15) is 11.7 Å². The molecule has 6 bridgehead atoms. The Labute approximate surface area is 247 Å². The molecule has 11 heteroatoms. The standard InChI is InChI=1S/C31H38N4O6S/c1-19-8-6-9-20(2)28(19)26-16-27-33-29(32-26)34-42(38,39)24-11-7-10-21(14-24)25-15-23(40-27)18-35(17-22(25)12-13-36)30(37)41-31(3,4)5/h6-11,14,16,22-23,25,36H,12-13,15,17-18H2,1-5H3,(H,32,33,34)/t22-,23-,25?/m0/s1. The molecule has 1 unspecified atom stereocenters. The van der Waals surface area contributed by atoms with Gasteiger partial charge in [0.15, 0.2) is 0 Å². The number of hydrogen-bond donors (Lipinski definition) is 2. The number of nitrogens with zero attached hydrogens (tertiary/aromatic N) is 3. The molecule has 2 aliphatic heterocycles. The van der Waals surface area contributed by atoms with Gasteiger partial charge in [0.25, 0.3) is 10.0 Å². The van der Waals surface area contributed by atoms with Crippen LogP contribution in [0.25, 0.3) is 11.3 Å². The molecule has 1 aromatic heterocycles. The molecular formula is C31H38N4O6S. The number of ether oxygens (including phenoxy) is 2. The van der Waals surface area contributed by atoms with Crippen LogP contribution in [0, 0.1) is 19.8 Å². The van der Waals surface area contributed by atoms with Crippen LogP contribution in [0.2, 0.25) is 0 Å². The summed E-state index contributed by atoms with van der Waals surface area (Å²) in [6.45, 7) is 9.85. The zero-order chi connectivity index (χ0) is 30.2. The fourth-order valence-electron chi connectivity index (χ4n) is 5.85. The number of carbonyl (C=O) groups is 1. The minimum absolute atomic E-state index is 0.0802.